The van der Waals surface area contributed by atoms with Gasteiger partial charge in [0.2, 0.25) is 0 Å². The molecule has 0 saturated heterocycles. The summed E-state index contributed by atoms with van der Waals surface area (Å²) in [7, 11) is 1.53. The lowest BCUT2D eigenvalue weighted by molar-refractivity contribution is 0.0958. The highest BCUT2D eigenvalue weighted by Gasteiger charge is 2.07. The lowest BCUT2D eigenvalue weighted by Gasteiger charge is -2.09. The predicted octanol–water partition coefficient (Wildman–Crippen LogP) is 3.95. The van der Waals surface area contributed by atoms with Crippen molar-refractivity contribution in [1.29, 1.82) is 0 Å². The minimum absolute atomic E-state index is 0.263. The molecule has 0 unspecified atom stereocenters. The number of pyridine rings is 1. The molecule has 9 heteroatoms. The fourth-order valence-electron chi connectivity index (χ4n) is 2.50. The maximum Gasteiger partial charge on any atom is 0.319 e. The summed E-state index contributed by atoms with van der Waals surface area (Å²) in [5.74, 6) is 0.780. The summed E-state index contributed by atoms with van der Waals surface area (Å²) in [6.45, 7) is 0.316. The van der Waals surface area contributed by atoms with Crippen molar-refractivity contribution in [1.82, 2.24) is 15.6 Å². The molecule has 9 nitrogen and oxygen atoms in total. The number of rotatable bonds is 7. The van der Waals surface area contributed by atoms with Gasteiger partial charge in [-0.3, -0.25) is 9.78 Å². The Hall–Kier alpha value is -4.27. The number of aromatic nitrogens is 1. The van der Waals surface area contributed by atoms with Crippen LogP contribution in [0.25, 0.3) is 0 Å². The fourth-order valence-corrected chi connectivity index (χ4v) is 2.50. The minimum Gasteiger partial charge on any atom is -0.457 e. The zero-order chi connectivity index (χ0) is 21.3. The van der Waals surface area contributed by atoms with Crippen LogP contribution in [0.3, 0.4) is 0 Å². The molecule has 0 saturated carbocycles. The number of anilines is 1. The molecule has 0 spiro atoms. The number of nitrogens with zero attached hydrogens (tertiary/aromatic N) is 2. The molecule has 3 amide bonds. The highest BCUT2D eigenvalue weighted by Crippen LogP contribution is 2.22. The summed E-state index contributed by atoms with van der Waals surface area (Å²) in [6, 6.07) is 16.2. The van der Waals surface area contributed by atoms with Crippen LogP contribution in [0.5, 0.6) is 11.5 Å². The molecule has 0 fully saturated rings. The molecule has 1 heterocycles. The second-order valence-electron chi connectivity index (χ2n) is 6.15. The highest BCUT2D eigenvalue weighted by molar-refractivity contribution is 5.92. The molecule has 3 rings (SSSR count). The van der Waals surface area contributed by atoms with Crippen molar-refractivity contribution in [2.75, 3.05) is 12.4 Å². The summed E-state index contributed by atoms with van der Waals surface area (Å²) >= 11 is 0. The van der Waals surface area contributed by atoms with Gasteiger partial charge < -0.3 is 20.7 Å². The fraction of sp³-hybridized carbons (Fsp3) is 0.0952. The number of nitrogens with one attached hydrogen (secondary N) is 3. The molecule has 0 bridgehead atoms. The Morgan fingerprint density at radius 3 is 2.40 bits per heavy atom. The van der Waals surface area contributed by atoms with Crippen molar-refractivity contribution in [3.05, 3.63) is 83.0 Å². The van der Waals surface area contributed by atoms with Gasteiger partial charge in [-0.1, -0.05) is 12.1 Å². The molecule has 2 aromatic carbocycles. The van der Waals surface area contributed by atoms with Crippen molar-refractivity contribution in [3.8, 4) is 11.5 Å². The van der Waals surface area contributed by atoms with Crippen LogP contribution in [0.15, 0.2) is 72.0 Å². The number of benzene rings is 2. The predicted molar refractivity (Wildman–Crippen MR) is 112 cm³/mol. The molecule has 0 atom stereocenters. The Bertz CT molecular complexity index is 1040. The number of amides is 3. The van der Waals surface area contributed by atoms with E-state index < -0.39 is 0 Å². The molecule has 0 aliphatic rings. The van der Waals surface area contributed by atoms with E-state index in [0.717, 1.165) is 5.56 Å². The quantitative estimate of drug-likeness (QED) is 0.514. The van der Waals surface area contributed by atoms with Crippen molar-refractivity contribution >= 4 is 23.3 Å². The lowest BCUT2D eigenvalue weighted by Crippen LogP contribution is -2.28. The van der Waals surface area contributed by atoms with Crippen LogP contribution in [0.2, 0.25) is 0 Å². The SMILES string of the molecule is CNC(=O)c1cc(Oc2ccc(CNC(=O)Nc3ccc(N=O)cc3)cc2)ccn1. The third-order valence-electron chi connectivity index (χ3n) is 4.03. The lowest BCUT2D eigenvalue weighted by atomic mass is 10.2. The monoisotopic (exact) mass is 405 g/mol. The molecule has 152 valence electrons. The minimum atomic E-state index is -0.374. The van der Waals surface area contributed by atoms with Crippen molar-refractivity contribution in [2.45, 2.75) is 6.54 Å². The molecule has 1 aromatic heterocycles. The second-order valence-corrected chi connectivity index (χ2v) is 6.15. The smallest absolute Gasteiger partial charge is 0.319 e. The number of ether oxygens (including phenoxy) is 1. The molecular weight excluding hydrogens is 386 g/mol. The second kappa shape index (κ2) is 9.78. The van der Waals surface area contributed by atoms with Gasteiger partial charge in [-0.2, -0.15) is 0 Å². The van der Waals surface area contributed by atoms with Gasteiger partial charge in [0.1, 0.15) is 22.9 Å². The van der Waals surface area contributed by atoms with Crippen molar-refractivity contribution < 1.29 is 14.3 Å². The maximum absolute atomic E-state index is 12.0. The van der Waals surface area contributed by atoms with Crippen LogP contribution >= 0.6 is 0 Å². The molecule has 0 aliphatic carbocycles. The Morgan fingerprint density at radius 2 is 1.73 bits per heavy atom. The standard InChI is InChI=1S/C21H19N5O4/c1-22-20(27)19-12-18(10-11-23-19)30-17-8-2-14(3-9-17)13-24-21(28)25-15-4-6-16(26-29)7-5-15/h2-12H,13H2,1H3,(H,22,27)(H2,24,25,28). The van der Waals surface area contributed by atoms with Crippen molar-refractivity contribution in [2.24, 2.45) is 5.18 Å². The van der Waals surface area contributed by atoms with Crippen molar-refractivity contribution in [3.63, 3.8) is 0 Å². The van der Waals surface area contributed by atoms with Crippen LogP contribution in [0.4, 0.5) is 16.2 Å². The summed E-state index contributed by atoms with van der Waals surface area (Å²) < 4.78 is 5.74. The van der Waals surface area contributed by atoms with Gasteiger partial charge in [-0.25, -0.2) is 4.79 Å². The number of carbonyl (C=O) groups excluding carboxylic acids is 2. The first-order valence-electron chi connectivity index (χ1n) is 9.00. The van der Waals surface area contributed by atoms with Gasteiger partial charge in [-0.05, 0) is 53.2 Å². The van der Waals surface area contributed by atoms with E-state index in [1.54, 1.807) is 36.4 Å². The molecule has 3 aromatic rings. The average Bonchev–Trinajstić information content (AvgIpc) is 2.79. The van der Waals surface area contributed by atoms with E-state index in [-0.39, 0.29) is 17.6 Å². The van der Waals surface area contributed by atoms with Crippen LogP contribution in [-0.2, 0) is 6.54 Å². The van der Waals surface area contributed by atoms with E-state index >= 15 is 0 Å². The van der Waals surface area contributed by atoms with Crippen LogP contribution in [0.1, 0.15) is 16.1 Å². The summed E-state index contributed by atoms with van der Waals surface area (Å²) in [6.07, 6.45) is 1.50. The Labute approximate surface area is 172 Å². The van der Waals surface area contributed by atoms with Crippen LogP contribution in [0, 0.1) is 4.91 Å². The normalized spacial score (nSPS) is 10.0. The van der Waals surface area contributed by atoms with E-state index in [4.69, 9.17) is 4.74 Å². The van der Waals surface area contributed by atoms with Crippen LogP contribution < -0.4 is 20.7 Å². The molecule has 0 aliphatic heterocycles. The average molecular weight is 405 g/mol. The first-order chi connectivity index (χ1) is 14.6. The topological polar surface area (TPSA) is 122 Å². The Morgan fingerprint density at radius 1 is 1.00 bits per heavy atom. The van der Waals surface area contributed by atoms with E-state index in [9.17, 15) is 14.5 Å². The van der Waals surface area contributed by atoms with Gasteiger partial charge in [0, 0.05) is 31.5 Å². The molecular formula is C21H19N5O4. The van der Waals surface area contributed by atoms with Gasteiger partial charge in [-0.15, -0.1) is 4.91 Å². The summed E-state index contributed by atoms with van der Waals surface area (Å²) in [5, 5.41) is 10.7. The van der Waals surface area contributed by atoms with E-state index in [1.807, 2.05) is 12.1 Å². The van der Waals surface area contributed by atoms with Gasteiger partial charge in [0.05, 0.1) is 0 Å². The third-order valence-corrected chi connectivity index (χ3v) is 4.03. The highest BCUT2D eigenvalue weighted by atomic mass is 16.5. The van der Waals surface area contributed by atoms with Gasteiger partial charge >= 0.3 is 6.03 Å². The number of urea groups is 1. The molecule has 0 radical (unpaired) electrons. The zero-order valence-corrected chi connectivity index (χ0v) is 16.1. The van der Waals surface area contributed by atoms with E-state index in [1.165, 1.54) is 25.4 Å². The van der Waals surface area contributed by atoms with Gasteiger partial charge in [0.15, 0.2) is 0 Å². The maximum atomic E-state index is 12.0. The molecule has 3 N–H and O–H groups in total. The summed E-state index contributed by atoms with van der Waals surface area (Å²) in [4.78, 5) is 38.0. The number of nitroso groups, excluding NO2 is 1. The zero-order valence-electron chi connectivity index (χ0n) is 16.1. The number of carbonyl (C=O) groups is 2. The van der Waals surface area contributed by atoms with E-state index in [0.29, 0.717) is 29.4 Å². The Balaban J connectivity index is 1.52. The summed E-state index contributed by atoms with van der Waals surface area (Å²) in [5.41, 5.74) is 1.98. The van der Waals surface area contributed by atoms with Crippen LogP contribution in [-0.4, -0.2) is 24.0 Å². The first-order valence-corrected chi connectivity index (χ1v) is 9.00. The largest absolute Gasteiger partial charge is 0.457 e. The van der Waals surface area contributed by atoms with Gasteiger partial charge in [0.25, 0.3) is 5.91 Å². The van der Waals surface area contributed by atoms with E-state index in [2.05, 4.69) is 26.1 Å². The third kappa shape index (κ3) is 5.61. The number of hydrogen-bond acceptors (Lipinski definition) is 6. The first kappa shape index (κ1) is 20.5. The molecule has 30 heavy (non-hydrogen) atoms. The Kier molecular flexibility index (Phi) is 6.67. The number of hydrogen-bond donors (Lipinski definition) is 3.